The number of nitrogens with two attached hydrogens (primary N) is 2. The van der Waals surface area contributed by atoms with E-state index in [2.05, 4.69) is 4.99 Å². The van der Waals surface area contributed by atoms with E-state index in [1.54, 1.807) is 0 Å². The van der Waals surface area contributed by atoms with Gasteiger partial charge < -0.3 is 10.5 Å². The third-order valence-electron chi connectivity index (χ3n) is 2.64. The lowest BCUT2D eigenvalue weighted by Crippen LogP contribution is -2.32. The molecule has 90 valence electrons. The minimum atomic E-state index is -3.83. The minimum absolute atomic E-state index is 0.117. The number of sulfonamides is 1. The van der Waals surface area contributed by atoms with Crippen molar-refractivity contribution < 1.29 is 13.2 Å². The molecular formula is C9H15N3O3S. The zero-order chi connectivity index (χ0) is 11.8. The molecule has 1 fully saturated rings. The van der Waals surface area contributed by atoms with Crippen molar-refractivity contribution in [3.05, 3.63) is 11.1 Å². The fourth-order valence-electron chi connectivity index (χ4n) is 1.66. The summed E-state index contributed by atoms with van der Waals surface area (Å²) in [5.74, 6) is 0.448. The van der Waals surface area contributed by atoms with Crippen LogP contribution in [0.25, 0.3) is 0 Å². The molecule has 0 bridgehead atoms. The zero-order valence-electron chi connectivity index (χ0n) is 8.80. The molecule has 0 unspecified atom stereocenters. The van der Waals surface area contributed by atoms with Crippen LogP contribution in [0.15, 0.2) is 16.1 Å². The predicted molar refractivity (Wildman–Crippen MR) is 60.1 cm³/mol. The second kappa shape index (κ2) is 4.15. The maximum atomic E-state index is 11.0. The molecule has 2 aliphatic rings. The zero-order valence-corrected chi connectivity index (χ0v) is 9.61. The van der Waals surface area contributed by atoms with Crippen LogP contribution < -0.4 is 10.9 Å². The van der Waals surface area contributed by atoms with Crippen LogP contribution in [0, 0.1) is 5.92 Å². The normalized spacial score (nSPS) is 27.7. The Kier molecular flexibility index (Phi) is 3.00. The van der Waals surface area contributed by atoms with E-state index >= 15 is 0 Å². The van der Waals surface area contributed by atoms with Crippen LogP contribution in [-0.4, -0.2) is 33.4 Å². The standard InChI is InChI=1S/C9H15N3O3S/c10-8(16(11,13)14)5-7-9(6-1-2-6)15-4-3-12-7/h5-6,9H,1-4,10H2,(H2,11,13,14)/b8-5+/t9-/m1/s1. The predicted octanol–water partition coefficient (Wildman–Crippen LogP) is -0.675. The van der Waals surface area contributed by atoms with Gasteiger partial charge in [-0.15, -0.1) is 0 Å². The largest absolute Gasteiger partial charge is 0.388 e. The molecular weight excluding hydrogens is 230 g/mol. The van der Waals surface area contributed by atoms with Crippen LogP contribution in [0.5, 0.6) is 0 Å². The van der Waals surface area contributed by atoms with Gasteiger partial charge in [-0.1, -0.05) is 0 Å². The Morgan fingerprint density at radius 3 is 2.75 bits per heavy atom. The Bertz CT molecular complexity index is 437. The van der Waals surface area contributed by atoms with Crippen LogP contribution in [0.1, 0.15) is 12.8 Å². The fourth-order valence-corrected chi connectivity index (χ4v) is 1.95. The molecule has 0 amide bonds. The molecule has 4 N–H and O–H groups in total. The van der Waals surface area contributed by atoms with Gasteiger partial charge in [0, 0.05) is 0 Å². The van der Waals surface area contributed by atoms with Gasteiger partial charge in [-0.3, -0.25) is 4.99 Å². The molecule has 0 aromatic carbocycles. The highest BCUT2D eigenvalue weighted by molar-refractivity contribution is 7.93. The summed E-state index contributed by atoms with van der Waals surface area (Å²) in [6, 6.07) is 0. The van der Waals surface area contributed by atoms with Gasteiger partial charge in [0.2, 0.25) is 0 Å². The number of nitrogens with zero attached hydrogens (tertiary/aromatic N) is 1. The first kappa shape index (κ1) is 11.6. The average Bonchev–Trinajstić information content (AvgIpc) is 3.00. The van der Waals surface area contributed by atoms with E-state index in [0.717, 1.165) is 12.8 Å². The highest BCUT2D eigenvalue weighted by Gasteiger charge is 2.36. The Hall–Kier alpha value is -0.920. The molecule has 0 aromatic heterocycles. The molecule has 7 heteroatoms. The number of hydrogen-bond donors (Lipinski definition) is 2. The van der Waals surface area contributed by atoms with E-state index in [1.165, 1.54) is 6.08 Å². The van der Waals surface area contributed by atoms with Gasteiger partial charge in [0.1, 0.15) is 11.1 Å². The summed E-state index contributed by atoms with van der Waals surface area (Å²) in [4.78, 5) is 4.24. The van der Waals surface area contributed by atoms with Crippen LogP contribution in [0.4, 0.5) is 0 Å². The van der Waals surface area contributed by atoms with Crippen molar-refractivity contribution in [3.63, 3.8) is 0 Å². The molecule has 1 aliphatic heterocycles. The Balaban J connectivity index is 2.21. The number of hydrogen-bond acceptors (Lipinski definition) is 5. The average molecular weight is 245 g/mol. The second-order valence-electron chi connectivity index (χ2n) is 4.03. The van der Waals surface area contributed by atoms with Crippen LogP contribution in [-0.2, 0) is 14.8 Å². The Morgan fingerprint density at radius 2 is 2.19 bits per heavy atom. The first-order chi connectivity index (χ1) is 7.48. The smallest absolute Gasteiger partial charge is 0.253 e. The first-order valence-corrected chi connectivity index (χ1v) is 6.69. The van der Waals surface area contributed by atoms with Gasteiger partial charge in [-0.2, -0.15) is 0 Å². The molecule has 16 heavy (non-hydrogen) atoms. The minimum Gasteiger partial charge on any atom is -0.388 e. The third kappa shape index (κ3) is 2.60. The summed E-state index contributed by atoms with van der Waals surface area (Å²) < 4.78 is 27.5. The lowest BCUT2D eigenvalue weighted by atomic mass is 10.1. The molecule has 6 nitrogen and oxygen atoms in total. The quantitative estimate of drug-likeness (QED) is 0.687. The third-order valence-corrected chi connectivity index (χ3v) is 3.42. The van der Waals surface area contributed by atoms with Gasteiger partial charge in [0.15, 0.2) is 0 Å². The van der Waals surface area contributed by atoms with E-state index in [4.69, 9.17) is 15.6 Å². The van der Waals surface area contributed by atoms with Crippen molar-refractivity contribution in [2.45, 2.75) is 18.9 Å². The summed E-state index contributed by atoms with van der Waals surface area (Å²) in [5, 5.41) is 4.56. The van der Waals surface area contributed by atoms with Crippen molar-refractivity contribution in [2.24, 2.45) is 21.8 Å². The van der Waals surface area contributed by atoms with Crippen molar-refractivity contribution in [1.82, 2.24) is 0 Å². The SMILES string of the molecule is N/C(=C\C1=NCCO[C@@H]1C1CC1)S(N)(=O)=O. The first-order valence-electron chi connectivity index (χ1n) is 5.14. The number of ether oxygens (including phenoxy) is 1. The molecule has 0 radical (unpaired) electrons. The maximum Gasteiger partial charge on any atom is 0.253 e. The Morgan fingerprint density at radius 1 is 1.50 bits per heavy atom. The van der Waals surface area contributed by atoms with E-state index < -0.39 is 10.0 Å². The van der Waals surface area contributed by atoms with Gasteiger partial charge in [0.25, 0.3) is 10.0 Å². The van der Waals surface area contributed by atoms with Crippen molar-refractivity contribution in [1.29, 1.82) is 0 Å². The summed E-state index contributed by atoms with van der Waals surface area (Å²) in [5.41, 5.74) is 5.97. The van der Waals surface area contributed by atoms with Crippen LogP contribution >= 0.6 is 0 Å². The number of primary sulfonamides is 1. The maximum absolute atomic E-state index is 11.0. The van der Waals surface area contributed by atoms with Gasteiger partial charge in [-0.05, 0) is 24.8 Å². The molecule has 1 atom stereocenters. The van der Waals surface area contributed by atoms with Gasteiger partial charge >= 0.3 is 0 Å². The summed E-state index contributed by atoms with van der Waals surface area (Å²) in [7, 11) is -3.83. The molecule has 0 spiro atoms. The lowest BCUT2D eigenvalue weighted by Gasteiger charge is -2.21. The van der Waals surface area contributed by atoms with E-state index in [-0.39, 0.29) is 11.1 Å². The molecule has 0 aromatic rings. The van der Waals surface area contributed by atoms with Crippen molar-refractivity contribution in [2.75, 3.05) is 13.2 Å². The molecule has 0 saturated heterocycles. The molecule has 1 aliphatic carbocycles. The van der Waals surface area contributed by atoms with Gasteiger partial charge in [0.05, 0.1) is 18.9 Å². The summed E-state index contributed by atoms with van der Waals surface area (Å²) in [6.07, 6.45) is 3.38. The highest BCUT2D eigenvalue weighted by Crippen LogP contribution is 2.36. The second-order valence-corrected chi connectivity index (χ2v) is 5.59. The Labute approximate surface area is 94.4 Å². The molecule has 1 heterocycles. The topological polar surface area (TPSA) is 108 Å². The summed E-state index contributed by atoms with van der Waals surface area (Å²) in [6.45, 7) is 1.11. The highest BCUT2D eigenvalue weighted by atomic mass is 32.2. The molecule has 1 saturated carbocycles. The van der Waals surface area contributed by atoms with Gasteiger partial charge in [-0.25, -0.2) is 13.6 Å². The monoisotopic (exact) mass is 245 g/mol. The van der Waals surface area contributed by atoms with Crippen molar-refractivity contribution in [3.8, 4) is 0 Å². The van der Waals surface area contributed by atoms with Crippen molar-refractivity contribution >= 4 is 15.7 Å². The number of aliphatic imine (C=N–C) groups is 1. The fraction of sp³-hybridized carbons (Fsp3) is 0.667. The number of rotatable bonds is 3. The van der Waals surface area contributed by atoms with E-state index in [1.807, 2.05) is 0 Å². The lowest BCUT2D eigenvalue weighted by molar-refractivity contribution is 0.0817. The molecule has 2 rings (SSSR count). The van der Waals surface area contributed by atoms with E-state index in [9.17, 15) is 8.42 Å². The van der Waals surface area contributed by atoms with E-state index in [0.29, 0.717) is 24.8 Å². The van der Waals surface area contributed by atoms with Crippen LogP contribution in [0.2, 0.25) is 0 Å². The summed E-state index contributed by atoms with van der Waals surface area (Å²) >= 11 is 0. The van der Waals surface area contributed by atoms with Crippen LogP contribution in [0.3, 0.4) is 0 Å².